The van der Waals surface area contributed by atoms with Crippen LogP contribution in [0.3, 0.4) is 0 Å². The zero-order valence-corrected chi connectivity index (χ0v) is 11.5. The van der Waals surface area contributed by atoms with Gasteiger partial charge in [0.2, 0.25) is 0 Å². The van der Waals surface area contributed by atoms with E-state index in [1.54, 1.807) is 0 Å². The average Bonchev–Trinajstić information content (AvgIpc) is 2.95. The number of carboxylic acids is 1. The normalized spacial score (nSPS) is 31.9. The largest absolute Gasteiger partial charge is 0.480 e. The molecule has 0 aromatic rings. The summed E-state index contributed by atoms with van der Waals surface area (Å²) in [6.45, 7) is 7.99. The first-order valence-electron chi connectivity index (χ1n) is 6.65. The first-order chi connectivity index (χ1) is 8.23. The van der Waals surface area contributed by atoms with Crippen molar-refractivity contribution in [3.63, 3.8) is 0 Å². The number of hydrogen-bond acceptors (Lipinski definition) is 4. The van der Waals surface area contributed by atoms with Crippen LogP contribution in [0.4, 0.5) is 0 Å². The molecule has 0 radical (unpaired) electrons. The summed E-state index contributed by atoms with van der Waals surface area (Å²) >= 11 is 0. The molecule has 0 amide bonds. The second-order valence-corrected chi connectivity index (χ2v) is 6.48. The van der Waals surface area contributed by atoms with Crippen LogP contribution in [-0.2, 0) is 9.53 Å². The summed E-state index contributed by atoms with van der Waals surface area (Å²) in [6, 6.07) is 0. The zero-order valence-electron chi connectivity index (χ0n) is 11.5. The van der Waals surface area contributed by atoms with Crippen molar-refractivity contribution in [2.24, 2.45) is 11.7 Å². The molecule has 2 atom stereocenters. The Kier molecular flexibility index (Phi) is 3.42. The van der Waals surface area contributed by atoms with Crippen LogP contribution in [0.5, 0.6) is 0 Å². The third-order valence-electron chi connectivity index (χ3n) is 3.83. The van der Waals surface area contributed by atoms with Gasteiger partial charge in [-0.05, 0) is 39.5 Å². The molecule has 104 valence electrons. The molecule has 2 fully saturated rings. The number of carbonyl (C=O) groups is 1. The van der Waals surface area contributed by atoms with E-state index in [-0.39, 0.29) is 17.6 Å². The fourth-order valence-corrected chi connectivity index (χ4v) is 3.05. The number of carboxylic acid groups (broad SMARTS) is 1. The van der Waals surface area contributed by atoms with Crippen molar-refractivity contribution in [2.45, 2.75) is 50.9 Å². The number of rotatable bonds is 4. The van der Waals surface area contributed by atoms with E-state index < -0.39 is 11.5 Å². The third kappa shape index (κ3) is 2.84. The monoisotopic (exact) mass is 256 g/mol. The maximum absolute atomic E-state index is 11.4. The molecule has 5 heteroatoms. The number of hydrogen-bond donors (Lipinski definition) is 2. The molecule has 1 saturated heterocycles. The topological polar surface area (TPSA) is 75.8 Å². The van der Waals surface area contributed by atoms with Gasteiger partial charge in [0.1, 0.15) is 5.54 Å². The van der Waals surface area contributed by atoms with Crippen LogP contribution < -0.4 is 5.73 Å². The van der Waals surface area contributed by atoms with Crippen LogP contribution >= 0.6 is 0 Å². The fraction of sp³-hybridized carbons (Fsp3) is 0.923. The molecule has 2 rings (SSSR count). The van der Waals surface area contributed by atoms with Crippen molar-refractivity contribution in [1.29, 1.82) is 0 Å². The fourth-order valence-electron chi connectivity index (χ4n) is 3.05. The van der Waals surface area contributed by atoms with Crippen LogP contribution in [0.2, 0.25) is 0 Å². The van der Waals surface area contributed by atoms with Crippen LogP contribution in [0.25, 0.3) is 0 Å². The number of nitrogens with zero attached hydrogens (tertiary/aromatic N) is 1. The lowest BCUT2D eigenvalue weighted by atomic mass is 9.92. The van der Waals surface area contributed by atoms with E-state index in [9.17, 15) is 9.90 Å². The highest BCUT2D eigenvalue weighted by Gasteiger charge is 2.50. The number of morpholine rings is 1. The van der Waals surface area contributed by atoms with Crippen molar-refractivity contribution in [1.82, 2.24) is 4.90 Å². The van der Waals surface area contributed by atoms with Gasteiger partial charge in [-0.15, -0.1) is 0 Å². The van der Waals surface area contributed by atoms with Gasteiger partial charge in [0.15, 0.2) is 0 Å². The Morgan fingerprint density at radius 1 is 1.56 bits per heavy atom. The predicted molar refractivity (Wildman–Crippen MR) is 68.3 cm³/mol. The Balaban J connectivity index is 2.05. The van der Waals surface area contributed by atoms with Gasteiger partial charge < -0.3 is 15.6 Å². The molecule has 2 unspecified atom stereocenters. The maximum Gasteiger partial charge on any atom is 0.325 e. The quantitative estimate of drug-likeness (QED) is 0.773. The van der Waals surface area contributed by atoms with Gasteiger partial charge in [-0.3, -0.25) is 9.69 Å². The highest BCUT2D eigenvalue weighted by Crippen LogP contribution is 2.39. The second-order valence-electron chi connectivity index (χ2n) is 6.48. The van der Waals surface area contributed by atoms with Crippen LogP contribution in [-0.4, -0.2) is 52.9 Å². The Hall–Kier alpha value is -0.650. The smallest absolute Gasteiger partial charge is 0.325 e. The van der Waals surface area contributed by atoms with Gasteiger partial charge in [-0.25, -0.2) is 0 Å². The minimum Gasteiger partial charge on any atom is -0.480 e. The van der Waals surface area contributed by atoms with Crippen LogP contribution in [0, 0.1) is 5.92 Å². The van der Waals surface area contributed by atoms with Gasteiger partial charge >= 0.3 is 5.97 Å². The Bertz CT molecular complexity index is 341. The van der Waals surface area contributed by atoms with E-state index >= 15 is 0 Å². The van der Waals surface area contributed by atoms with Crippen LogP contribution in [0.15, 0.2) is 0 Å². The summed E-state index contributed by atoms with van der Waals surface area (Å²) < 4.78 is 5.83. The lowest BCUT2D eigenvalue weighted by molar-refractivity contribution is -0.152. The molecule has 0 bridgehead atoms. The molecule has 1 heterocycles. The van der Waals surface area contributed by atoms with E-state index in [1.807, 2.05) is 20.8 Å². The lowest BCUT2D eigenvalue weighted by Gasteiger charge is -2.44. The van der Waals surface area contributed by atoms with Gasteiger partial charge in [0.25, 0.3) is 0 Å². The standard InChI is InChI=1S/C13H24N2O3/c1-9-6-15(7-12(2,3)18-9)8-13(14,11(16)17)10-4-5-10/h9-10H,4-8,14H2,1-3H3,(H,16,17). The molecule has 3 N–H and O–H groups in total. The Labute approximate surface area is 108 Å². The molecule has 0 spiro atoms. The van der Waals surface area contributed by atoms with E-state index in [0.717, 1.165) is 25.9 Å². The summed E-state index contributed by atoms with van der Waals surface area (Å²) in [5.41, 5.74) is 4.80. The molecule has 0 aromatic heterocycles. The first-order valence-corrected chi connectivity index (χ1v) is 6.65. The maximum atomic E-state index is 11.4. The number of ether oxygens (including phenoxy) is 1. The molecule has 5 nitrogen and oxygen atoms in total. The Morgan fingerprint density at radius 3 is 2.61 bits per heavy atom. The summed E-state index contributed by atoms with van der Waals surface area (Å²) in [5, 5.41) is 9.39. The zero-order chi connectivity index (χ0) is 13.6. The molecular weight excluding hydrogens is 232 g/mol. The Morgan fingerprint density at radius 2 is 2.17 bits per heavy atom. The number of aliphatic carboxylic acids is 1. The van der Waals surface area contributed by atoms with Crippen LogP contribution in [0.1, 0.15) is 33.6 Å². The van der Waals surface area contributed by atoms with E-state index in [2.05, 4.69) is 4.90 Å². The minimum atomic E-state index is -1.09. The summed E-state index contributed by atoms with van der Waals surface area (Å²) in [7, 11) is 0. The summed E-state index contributed by atoms with van der Waals surface area (Å²) in [4.78, 5) is 13.6. The van der Waals surface area contributed by atoms with Crippen molar-refractivity contribution in [2.75, 3.05) is 19.6 Å². The highest BCUT2D eigenvalue weighted by molar-refractivity contribution is 5.79. The summed E-state index contributed by atoms with van der Waals surface area (Å²) in [5.74, 6) is -0.738. The molecule has 2 aliphatic rings. The van der Waals surface area contributed by atoms with E-state index in [1.165, 1.54) is 0 Å². The number of nitrogens with two attached hydrogens (primary N) is 1. The van der Waals surface area contributed by atoms with E-state index in [0.29, 0.717) is 6.54 Å². The molecule has 1 aliphatic carbocycles. The summed E-state index contributed by atoms with van der Waals surface area (Å²) in [6.07, 6.45) is 1.99. The third-order valence-corrected chi connectivity index (χ3v) is 3.83. The van der Waals surface area contributed by atoms with Gasteiger partial charge in [0, 0.05) is 19.6 Å². The van der Waals surface area contributed by atoms with Crippen molar-refractivity contribution < 1.29 is 14.6 Å². The van der Waals surface area contributed by atoms with Gasteiger partial charge in [-0.1, -0.05) is 0 Å². The van der Waals surface area contributed by atoms with Crippen molar-refractivity contribution >= 4 is 5.97 Å². The minimum absolute atomic E-state index is 0.117. The van der Waals surface area contributed by atoms with E-state index in [4.69, 9.17) is 10.5 Å². The molecule has 1 aliphatic heterocycles. The molecule has 18 heavy (non-hydrogen) atoms. The van der Waals surface area contributed by atoms with Gasteiger partial charge in [-0.2, -0.15) is 0 Å². The second kappa shape index (κ2) is 4.47. The molecular formula is C13H24N2O3. The highest BCUT2D eigenvalue weighted by atomic mass is 16.5. The molecule has 1 saturated carbocycles. The predicted octanol–water partition coefficient (Wildman–Crippen LogP) is 0.678. The lowest BCUT2D eigenvalue weighted by Crippen LogP contribution is -2.62. The average molecular weight is 256 g/mol. The van der Waals surface area contributed by atoms with Crippen molar-refractivity contribution in [3.05, 3.63) is 0 Å². The first kappa shape index (κ1) is 13.8. The molecule has 0 aromatic carbocycles. The van der Waals surface area contributed by atoms with Crippen molar-refractivity contribution in [3.8, 4) is 0 Å². The van der Waals surface area contributed by atoms with Gasteiger partial charge in [0.05, 0.1) is 11.7 Å². The SMILES string of the molecule is CC1CN(CC(N)(C(=O)O)C2CC2)CC(C)(C)O1.